The number of nitrogens with one attached hydrogen (secondary N) is 1. The molecule has 0 spiro atoms. The predicted molar refractivity (Wildman–Crippen MR) is 80.9 cm³/mol. The molecule has 1 aliphatic rings. The van der Waals surface area contributed by atoms with Crippen molar-refractivity contribution >= 4 is 11.8 Å². The molecule has 0 aliphatic carbocycles. The summed E-state index contributed by atoms with van der Waals surface area (Å²) >= 11 is 2.04. The van der Waals surface area contributed by atoms with Crippen molar-refractivity contribution in [1.29, 1.82) is 0 Å². The molecule has 1 N–H and O–H groups in total. The Morgan fingerprint density at radius 2 is 2.21 bits per heavy atom. The Kier molecular flexibility index (Phi) is 3.89. The average Bonchev–Trinajstić information content (AvgIpc) is 3.07. The molecule has 1 aliphatic heterocycles. The van der Waals surface area contributed by atoms with Crippen molar-refractivity contribution in [2.75, 3.05) is 11.5 Å². The maximum atomic E-state index is 4.46. The topological polar surface area (TPSA) is 29.9 Å². The minimum Gasteiger partial charge on any atom is -0.308 e. The number of hydrogen-bond acceptors (Lipinski definition) is 3. The van der Waals surface area contributed by atoms with Gasteiger partial charge in [-0.1, -0.05) is 18.2 Å². The number of nitrogens with zero attached hydrogens (tertiary/aromatic N) is 2. The summed E-state index contributed by atoms with van der Waals surface area (Å²) < 4.78 is 2.23. The normalized spacial score (nSPS) is 18.9. The van der Waals surface area contributed by atoms with E-state index >= 15 is 0 Å². The molecule has 1 aromatic carbocycles. The van der Waals surface area contributed by atoms with Gasteiger partial charge in [-0.05, 0) is 31.2 Å². The number of aryl methyl sites for hydroxylation is 1. The van der Waals surface area contributed by atoms with E-state index in [4.69, 9.17) is 0 Å². The lowest BCUT2D eigenvalue weighted by atomic mass is 10.2. The van der Waals surface area contributed by atoms with Crippen LogP contribution < -0.4 is 5.32 Å². The quantitative estimate of drug-likeness (QED) is 0.929. The second-order valence-corrected chi connectivity index (χ2v) is 6.06. The number of aromatic nitrogens is 2. The first kappa shape index (κ1) is 12.8. The molecular formula is C15H19N3S. The molecule has 3 rings (SSSR count). The van der Waals surface area contributed by atoms with Crippen LogP contribution in [-0.4, -0.2) is 27.1 Å². The number of hydrogen-bond donors (Lipinski definition) is 1. The average molecular weight is 273 g/mol. The maximum absolute atomic E-state index is 4.46. The van der Waals surface area contributed by atoms with Crippen LogP contribution in [0.1, 0.15) is 17.9 Å². The Morgan fingerprint density at radius 3 is 2.95 bits per heavy atom. The van der Waals surface area contributed by atoms with Crippen LogP contribution >= 0.6 is 11.8 Å². The molecule has 100 valence electrons. The number of benzene rings is 1. The number of rotatable bonds is 4. The maximum Gasteiger partial charge on any atom is 0.110 e. The van der Waals surface area contributed by atoms with Crippen LogP contribution in [0.2, 0.25) is 0 Å². The van der Waals surface area contributed by atoms with Crippen molar-refractivity contribution in [3.63, 3.8) is 0 Å². The Bertz CT molecular complexity index is 530. The van der Waals surface area contributed by atoms with Gasteiger partial charge in [0.25, 0.3) is 0 Å². The highest BCUT2D eigenvalue weighted by atomic mass is 32.2. The molecule has 1 fully saturated rings. The molecule has 3 nitrogen and oxygen atoms in total. The first-order chi connectivity index (χ1) is 9.34. The summed E-state index contributed by atoms with van der Waals surface area (Å²) in [6.45, 7) is 2.95. The third-order valence-electron chi connectivity index (χ3n) is 3.53. The van der Waals surface area contributed by atoms with Gasteiger partial charge in [-0.15, -0.1) is 0 Å². The highest BCUT2D eigenvalue weighted by Gasteiger charge is 2.16. The van der Waals surface area contributed by atoms with Gasteiger partial charge < -0.3 is 5.32 Å². The van der Waals surface area contributed by atoms with E-state index < -0.39 is 0 Å². The van der Waals surface area contributed by atoms with Crippen LogP contribution in [-0.2, 0) is 6.54 Å². The Balaban J connectivity index is 1.78. The van der Waals surface area contributed by atoms with Crippen molar-refractivity contribution in [2.24, 2.45) is 0 Å². The minimum atomic E-state index is 0.657. The number of imidazole rings is 1. The number of thioether (sulfide) groups is 1. The zero-order valence-electron chi connectivity index (χ0n) is 11.2. The fourth-order valence-corrected chi connectivity index (χ4v) is 3.68. The van der Waals surface area contributed by atoms with E-state index in [1.165, 1.54) is 29.3 Å². The summed E-state index contributed by atoms with van der Waals surface area (Å²) in [7, 11) is 0. The van der Waals surface area contributed by atoms with Gasteiger partial charge in [0, 0.05) is 24.0 Å². The molecule has 0 radical (unpaired) electrons. The smallest absolute Gasteiger partial charge is 0.110 e. The van der Waals surface area contributed by atoms with Crippen molar-refractivity contribution in [2.45, 2.75) is 25.9 Å². The SMILES string of the molecule is Cc1ncc(CNC2CCSC2)n1-c1ccccc1. The van der Waals surface area contributed by atoms with Crippen LogP contribution in [0.5, 0.6) is 0 Å². The van der Waals surface area contributed by atoms with E-state index in [1.54, 1.807) is 0 Å². The molecule has 2 aromatic rings. The molecule has 0 amide bonds. The van der Waals surface area contributed by atoms with Gasteiger partial charge in [0.1, 0.15) is 5.82 Å². The lowest BCUT2D eigenvalue weighted by Gasteiger charge is -2.14. The highest BCUT2D eigenvalue weighted by molar-refractivity contribution is 7.99. The molecule has 1 aromatic heterocycles. The molecule has 4 heteroatoms. The molecule has 1 unspecified atom stereocenters. The van der Waals surface area contributed by atoms with Gasteiger partial charge in [-0.25, -0.2) is 4.98 Å². The molecule has 0 saturated carbocycles. The largest absolute Gasteiger partial charge is 0.308 e. The molecule has 2 heterocycles. The van der Waals surface area contributed by atoms with Crippen LogP contribution in [0.15, 0.2) is 36.5 Å². The second-order valence-electron chi connectivity index (χ2n) is 4.91. The third-order valence-corrected chi connectivity index (χ3v) is 4.69. The fourth-order valence-electron chi connectivity index (χ4n) is 2.49. The van der Waals surface area contributed by atoms with Gasteiger partial charge >= 0.3 is 0 Å². The van der Waals surface area contributed by atoms with Gasteiger partial charge in [0.05, 0.1) is 11.9 Å². The van der Waals surface area contributed by atoms with E-state index in [0.717, 1.165) is 12.4 Å². The zero-order valence-corrected chi connectivity index (χ0v) is 12.0. The molecular weight excluding hydrogens is 254 g/mol. The minimum absolute atomic E-state index is 0.657. The predicted octanol–water partition coefficient (Wildman–Crippen LogP) is 2.78. The van der Waals surface area contributed by atoms with E-state index in [0.29, 0.717) is 6.04 Å². The zero-order chi connectivity index (χ0) is 13.1. The highest BCUT2D eigenvalue weighted by Crippen LogP contribution is 2.18. The van der Waals surface area contributed by atoms with Crippen molar-refractivity contribution in [3.8, 4) is 5.69 Å². The number of para-hydroxylation sites is 1. The summed E-state index contributed by atoms with van der Waals surface area (Å²) in [6, 6.07) is 11.1. The van der Waals surface area contributed by atoms with E-state index in [1.807, 2.05) is 24.0 Å². The van der Waals surface area contributed by atoms with Gasteiger partial charge in [0.2, 0.25) is 0 Å². The van der Waals surface area contributed by atoms with Crippen LogP contribution in [0.25, 0.3) is 5.69 Å². The Morgan fingerprint density at radius 1 is 1.37 bits per heavy atom. The summed E-state index contributed by atoms with van der Waals surface area (Å²) in [5.41, 5.74) is 2.43. The van der Waals surface area contributed by atoms with Gasteiger partial charge in [0.15, 0.2) is 0 Å². The van der Waals surface area contributed by atoms with Gasteiger partial charge in [-0.2, -0.15) is 11.8 Å². The Labute approximate surface area is 118 Å². The van der Waals surface area contributed by atoms with Crippen molar-refractivity contribution in [3.05, 3.63) is 48.0 Å². The van der Waals surface area contributed by atoms with E-state index in [9.17, 15) is 0 Å². The molecule has 0 bridgehead atoms. The van der Waals surface area contributed by atoms with E-state index in [2.05, 4.69) is 46.1 Å². The monoisotopic (exact) mass is 273 g/mol. The van der Waals surface area contributed by atoms with Gasteiger partial charge in [-0.3, -0.25) is 4.57 Å². The third kappa shape index (κ3) is 2.85. The fraction of sp³-hybridized carbons (Fsp3) is 0.400. The lowest BCUT2D eigenvalue weighted by molar-refractivity contribution is 0.548. The first-order valence-corrected chi connectivity index (χ1v) is 7.90. The summed E-state index contributed by atoms with van der Waals surface area (Å²) in [6.07, 6.45) is 3.26. The van der Waals surface area contributed by atoms with Crippen LogP contribution in [0.3, 0.4) is 0 Å². The molecule has 19 heavy (non-hydrogen) atoms. The van der Waals surface area contributed by atoms with Crippen LogP contribution in [0, 0.1) is 6.92 Å². The first-order valence-electron chi connectivity index (χ1n) is 6.74. The molecule has 1 atom stereocenters. The lowest BCUT2D eigenvalue weighted by Crippen LogP contribution is -2.28. The van der Waals surface area contributed by atoms with Crippen molar-refractivity contribution < 1.29 is 0 Å². The van der Waals surface area contributed by atoms with Crippen molar-refractivity contribution in [1.82, 2.24) is 14.9 Å². The second kappa shape index (κ2) is 5.80. The standard InChI is InChI=1S/C15H19N3S/c1-12-16-9-15(10-17-13-7-8-19-11-13)18(12)14-5-3-2-4-6-14/h2-6,9,13,17H,7-8,10-11H2,1H3. The molecule has 1 saturated heterocycles. The summed E-state index contributed by atoms with van der Waals surface area (Å²) in [5, 5.41) is 3.64. The summed E-state index contributed by atoms with van der Waals surface area (Å²) in [4.78, 5) is 4.46. The Hall–Kier alpha value is -1.26. The van der Waals surface area contributed by atoms with Crippen LogP contribution in [0.4, 0.5) is 0 Å². The summed E-state index contributed by atoms with van der Waals surface area (Å²) in [5.74, 6) is 3.57. The van der Waals surface area contributed by atoms with E-state index in [-0.39, 0.29) is 0 Å².